The second-order valence-electron chi connectivity index (χ2n) is 33.2. The van der Waals surface area contributed by atoms with Gasteiger partial charge in [0, 0.05) is 106 Å². The van der Waals surface area contributed by atoms with Gasteiger partial charge in [0.05, 0.1) is 122 Å². The summed E-state index contributed by atoms with van der Waals surface area (Å²) in [5.41, 5.74) is 13.7. The van der Waals surface area contributed by atoms with Gasteiger partial charge in [0.25, 0.3) is 0 Å². The van der Waals surface area contributed by atoms with Crippen LogP contribution in [0.1, 0.15) is 154 Å². The van der Waals surface area contributed by atoms with Gasteiger partial charge in [0.2, 0.25) is 23.6 Å². The van der Waals surface area contributed by atoms with E-state index in [1.54, 1.807) is 69.2 Å². The van der Waals surface area contributed by atoms with Crippen LogP contribution in [0.15, 0.2) is 147 Å². The quantitative estimate of drug-likeness (QED) is 0.0292. The first-order valence-electron chi connectivity index (χ1n) is 42.3. The number of aromatic nitrogens is 12. The van der Waals surface area contributed by atoms with Gasteiger partial charge in [0.15, 0.2) is 0 Å². The van der Waals surface area contributed by atoms with E-state index in [-0.39, 0.29) is 71.5 Å². The molecule has 644 valence electrons. The predicted octanol–water partition coefficient (Wildman–Crippen LogP) is 14.6. The van der Waals surface area contributed by atoms with Crippen LogP contribution in [0, 0.1) is 23.7 Å². The van der Waals surface area contributed by atoms with Crippen molar-refractivity contribution >= 4 is 91.6 Å². The van der Waals surface area contributed by atoms with Crippen molar-refractivity contribution in [3.05, 3.63) is 170 Å². The van der Waals surface area contributed by atoms with Crippen LogP contribution in [-0.4, -0.2) is 206 Å². The van der Waals surface area contributed by atoms with Crippen LogP contribution >= 0.6 is 0 Å². The maximum atomic E-state index is 13.8. The molecule has 16 rings (SSSR count). The molecule has 8 N–H and O–H groups in total. The van der Waals surface area contributed by atoms with Crippen LogP contribution < -0.4 is 21.3 Å². The Morgan fingerprint density at radius 2 is 0.524 bits per heavy atom. The van der Waals surface area contributed by atoms with Gasteiger partial charge in [-0.2, -0.15) is 0 Å². The van der Waals surface area contributed by atoms with Crippen LogP contribution in [0.2, 0.25) is 0 Å². The lowest BCUT2D eigenvalue weighted by molar-refractivity contribution is -0.136. The van der Waals surface area contributed by atoms with Gasteiger partial charge < -0.3 is 79.8 Å². The van der Waals surface area contributed by atoms with Crippen LogP contribution in [-0.2, 0) is 38.1 Å². The van der Waals surface area contributed by atoms with E-state index in [4.69, 9.17) is 58.8 Å². The topological polar surface area (TPSA) is 401 Å². The van der Waals surface area contributed by atoms with Crippen molar-refractivity contribution in [3.8, 4) is 67.3 Å². The Morgan fingerprint density at radius 3 is 0.774 bits per heavy atom. The van der Waals surface area contributed by atoms with Gasteiger partial charge in [-0.15, -0.1) is 0 Å². The normalized spacial score (nSPS) is 17.5. The lowest BCUT2D eigenvalue weighted by Gasteiger charge is -2.30. The molecule has 4 aliphatic heterocycles. The molecule has 8 atom stereocenters. The highest BCUT2D eigenvalue weighted by molar-refractivity contribution is 6.11. The zero-order chi connectivity index (χ0) is 87.3. The Morgan fingerprint density at radius 1 is 0.306 bits per heavy atom. The summed E-state index contributed by atoms with van der Waals surface area (Å²) in [6, 6.07) is 28.4. The molecule has 32 nitrogen and oxygen atoms in total. The Bertz CT molecular complexity index is 5270. The molecule has 0 aliphatic carbocycles. The van der Waals surface area contributed by atoms with Crippen molar-refractivity contribution in [3.63, 3.8) is 0 Å². The number of methoxy groups -OCH3 is 4. The molecule has 0 radical (unpaired) electrons. The summed E-state index contributed by atoms with van der Waals surface area (Å²) in [6.45, 7) is 17.4. The summed E-state index contributed by atoms with van der Waals surface area (Å²) in [5.74, 6) is 1.52. The SMILES string of the molecule is COC(=O)N[C@H](C(=O)N1CCC[C@H]1c1ncc(-c2ccc(-c3ccc(-c4cnc([C@@H]5CCCN5C(=O)[C@@H](NC(=O)OC)C(C)C)[nH]4)c4cccnc34)c3ncccc23)[nH]1)C(C)C.COC(=O)N[C@H](C(=O)N1CCC[C@H]1c1ncc(-c2ccc(-c3ccc(-c4cnc([C@@H]5CCCN5C(=O)[C@@H](NC(=O)OC)C(C)C)[nH]4)c4ncccc34)c3cccnc23)[nH]1)C(C)C. The standard InChI is InChI=1S/2C46H52N10O6/c1-25(2)37(53-45(59)61-5)43(57)55-21-9-13-35(55)41-49-23-33(51-41)27-15-17-31(39-29(27)11-7-19-47-39)32-18-16-28(30-12-8-20-48-40(30)32)34-24-50-42(52-34)36-14-10-22-56(36)44(58)38(26(3)4)54-46(60)62-6;1-25(2)37(53-45(59)61-5)43(57)55-21-9-13-35(55)41-49-23-33(51-41)31-17-15-27(29-11-7-19-47-39(29)31)28-16-18-32(40-30(28)12-8-20-48-40)34-24-50-42(52-34)36-14-10-22-56(36)44(58)38(26(3)4)54-46(60)62-6/h2*7-8,11-12,15-20,23-26,35-38H,9-10,13-14,21-22H2,1-6H3,(H,49,51)(H,50,52)(H,53,59)(H,54,60)/t2*35-,36-,37-,38-/m00/s1. The van der Waals surface area contributed by atoms with Crippen molar-refractivity contribution in [2.75, 3.05) is 54.6 Å². The first kappa shape index (κ1) is 85.3. The maximum Gasteiger partial charge on any atom is 0.407 e. The fraction of sp³-hybridized carbons (Fsp3) is 0.391. The monoisotopic (exact) mass is 1680 g/mol. The number of H-pyrrole nitrogens is 4. The summed E-state index contributed by atoms with van der Waals surface area (Å²) in [6.07, 6.45) is 18.0. The molecular formula is C92H104N20O12. The van der Waals surface area contributed by atoms with Gasteiger partial charge in [-0.25, -0.2) is 39.1 Å². The fourth-order valence-corrected chi connectivity index (χ4v) is 17.8. The van der Waals surface area contributed by atoms with E-state index in [9.17, 15) is 38.4 Å². The molecule has 8 amide bonds. The number of nitrogens with one attached hydrogen (secondary N) is 8. The van der Waals surface area contributed by atoms with Crippen molar-refractivity contribution < 1.29 is 57.3 Å². The Balaban J connectivity index is 0.000000192. The predicted molar refractivity (Wildman–Crippen MR) is 467 cm³/mol. The van der Waals surface area contributed by atoms with E-state index < -0.39 is 48.5 Å². The molecule has 32 heteroatoms. The number of rotatable bonds is 22. The largest absolute Gasteiger partial charge is 0.453 e. The van der Waals surface area contributed by atoms with Gasteiger partial charge in [0.1, 0.15) is 47.5 Å². The molecule has 0 unspecified atom stereocenters. The minimum Gasteiger partial charge on any atom is -0.453 e. The van der Waals surface area contributed by atoms with E-state index in [1.807, 2.05) is 104 Å². The zero-order valence-electron chi connectivity index (χ0n) is 71.5. The third-order valence-corrected chi connectivity index (χ3v) is 24.2. The third kappa shape index (κ3) is 17.1. The molecule has 8 aromatic heterocycles. The van der Waals surface area contributed by atoms with Crippen molar-refractivity contribution in [1.82, 2.24) is 101 Å². The molecular weight excluding hydrogens is 1580 g/mol. The Labute approximate surface area is 716 Å². The summed E-state index contributed by atoms with van der Waals surface area (Å²) < 4.78 is 19.2. The lowest BCUT2D eigenvalue weighted by atomic mass is 9.92. The van der Waals surface area contributed by atoms with Gasteiger partial charge >= 0.3 is 24.4 Å². The molecule has 12 aromatic rings. The zero-order valence-corrected chi connectivity index (χ0v) is 71.5. The number of fused-ring (bicyclic) bond motifs is 4. The first-order valence-corrected chi connectivity index (χ1v) is 42.3. The number of nitrogens with zero attached hydrogens (tertiary/aromatic N) is 12. The second-order valence-corrected chi connectivity index (χ2v) is 33.2. The molecule has 4 aliphatic rings. The van der Waals surface area contributed by atoms with E-state index >= 15 is 0 Å². The van der Waals surface area contributed by atoms with Crippen molar-refractivity contribution in [1.29, 1.82) is 0 Å². The van der Waals surface area contributed by atoms with Crippen molar-refractivity contribution in [2.24, 2.45) is 23.7 Å². The van der Waals surface area contributed by atoms with Gasteiger partial charge in [-0.1, -0.05) is 116 Å². The number of hydrogen-bond donors (Lipinski definition) is 8. The minimum atomic E-state index is -0.725. The summed E-state index contributed by atoms with van der Waals surface area (Å²) in [5, 5.41) is 14.6. The molecule has 12 heterocycles. The number of aromatic amines is 4. The highest BCUT2D eigenvalue weighted by Crippen LogP contribution is 2.45. The number of ether oxygens (including phenoxy) is 4. The number of amides is 8. The third-order valence-electron chi connectivity index (χ3n) is 24.2. The smallest absolute Gasteiger partial charge is 0.407 e. The van der Waals surface area contributed by atoms with E-state index in [0.717, 1.165) is 162 Å². The number of carbonyl (C=O) groups is 8. The molecule has 124 heavy (non-hydrogen) atoms. The first-order chi connectivity index (χ1) is 60.0. The van der Waals surface area contributed by atoms with Crippen LogP contribution in [0.3, 0.4) is 0 Å². The van der Waals surface area contributed by atoms with E-state index in [0.29, 0.717) is 49.5 Å². The molecule has 0 bridgehead atoms. The maximum absolute atomic E-state index is 13.8. The number of pyridine rings is 4. The number of hydrogen-bond acceptors (Lipinski definition) is 20. The van der Waals surface area contributed by atoms with Crippen LogP contribution in [0.5, 0.6) is 0 Å². The number of benzene rings is 4. The van der Waals surface area contributed by atoms with Crippen LogP contribution in [0.25, 0.3) is 111 Å². The number of likely N-dealkylation sites (tertiary alicyclic amines) is 4. The highest BCUT2D eigenvalue weighted by Gasteiger charge is 2.43. The second kappa shape index (κ2) is 36.9. The van der Waals surface area contributed by atoms with Crippen molar-refractivity contribution in [2.45, 2.75) is 155 Å². The molecule has 0 spiro atoms. The average Bonchev–Trinajstić information content (AvgIpc) is 1.15. The molecule has 4 aromatic carbocycles. The van der Waals surface area contributed by atoms with Gasteiger partial charge in [-0.05, 0) is 123 Å². The Kier molecular flexibility index (Phi) is 25.4. The highest BCUT2D eigenvalue weighted by atomic mass is 16.5. The molecule has 4 saturated heterocycles. The van der Waals surface area contributed by atoms with E-state index in [2.05, 4.69) is 89.7 Å². The number of alkyl carbamates (subject to hydrolysis) is 4. The lowest BCUT2D eigenvalue weighted by Crippen LogP contribution is -2.51. The molecule has 0 saturated carbocycles. The summed E-state index contributed by atoms with van der Waals surface area (Å²) >= 11 is 0. The summed E-state index contributed by atoms with van der Waals surface area (Å²) in [4.78, 5) is 163. The number of carbonyl (C=O) groups excluding carboxylic acids is 8. The Hall–Kier alpha value is -13.7. The summed E-state index contributed by atoms with van der Waals surface area (Å²) in [7, 11) is 5.15. The van der Waals surface area contributed by atoms with Crippen LogP contribution in [0.4, 0.5) is 19.2 Å². The molecule has 4 fully saturated rings. The van der Waals surface area contributed by atoms with Gasteiger partial charge in [-0.3, -0.25) is 39.1 Å². The number of imidazole rings is 4. The average molecular weight is 1680 g/mol. The van der Waals surface area contributed by atoms with E-state index in [1.165, 1.54) is 28.4 Å². The minimum absolute atomic E-state index is 0.135. The fourth-order valence-electron chi connectivity index (χ4n) is 17.8.